The lowest BCUT2D eigenvalue weighted by Gasteiger charge is -2.18. The van der Waals surface area contributed by atoms with E-state index in [1.54, 1.807) is 30.3 Å². The molecule has 0 radical (unpaired) electrons. The lowest BCUT2D eigenvalue weighted by atomic mass is 10.2. The van der Waals surface area contributed by atoms with Gasteiger partial charge in [0.1, 0.15) is 4.88 Å². The third kappa shape index (κ3) is 3.66. The number of aromatic carboxylic acids is 1. The molecule has 0 fully saturated rings. The fourth-order valence-corrected chi connectivity index (χ4v) is 4.90. The van der Waals surface area contributed by atoms with E-state index >= 15 is 0 Å². The van der Waals surface area contributed by atoms with Crippen LogP contribution in [-0.2, 0) is 9.09 Å². The van der Waals surface area contributed by atoms with Gasteiger partial charge < -0.3 is 14.7 Å². The summed E-state index contributed by atoms with van der Waals surface area (Å²) >= 11 is 1.13. The summed E-state index contributed by atoms with van der Waals surface area (Å²) in [5.74, 6) is -1.08. The Hall–Kier alpha value is -2.40. The van der Waals surface area contributed by atoms with Crippen molar-refractivity contribution in [1.29, 1.82) is 0 Å². The van der Waals surface area contributed by atoms with E-state index in [4.69, 9.17) is 4.52 Å². The highest BCUT2D eigenvalue weighted by atomic mass is 32.1. The van der Waals surface area contributed by atoms with Gasteiger partial charge in [0.05, 0.1) is 11.0 Å². The van der Waals surface area contributed by atoms with Crippen LogP contribution in [-0.4, -0.2) is 18.2 Å². The molecule has 0 saturated carbocycles. The summed E-state index contributed by atoms with van der Waals surface area (Å²) in [6.45, 7) is 0. The Kier molecular flexibility index (Phi) is 5.04. The highest BCUT2D eigenvalue weighted by Crippen LogP contribution is 2.47. The van der Waals surface area contributed by atoms with Gasteiger partial charge in [0, 0.05) is 12.0 Å². The molecule has 2 N–H and O–H groups in total. The second-order valence-electron chi connectivity index (χ2n) is 5.21. The number of hydrogen-bond acceptors (Lipinski definition) is 4. The van der Waals surface area contributed by atoms with Crippen molar-refractivity contribution in [3.63, 3.8) is 0 Å². The number of anilines is 1. The Morgan fingerprint density at radius 2 is 1.68 bits per heavy atom. The van der Waals surface area contributed by atoms with Crippen molar-refractivity contribution in [2.24, 2.45) is 0 Å². The average molecular weight is 373 g/mol. The molecular formula is C18H16NO4PS. The predicted octanol–water partition coefficient (Wildman–Crippen LogP) is 4.69. The molecule has 1 atom stereocenters. The summed E-state index contributed by atoms with van der Waals surface area (Å²) in [4.78, 5) is 12.5. The van der Waals surface area contributed by atoms with E-state index in [1.165, 1.54) is 7.11 Å². The van der Waals surface area contributed by atoms with Gasteiger partial charge in [-0.2, -0.15) is 0 Å². The topological polar surface area (TPSA) is 75.6 Å². The van der Waals surface area contributed by atoms with Crippen molar-refractivity contribution < 1.29 is 19.0 Å². The third-order valence-corrected chi connectivity index (χ3v) is 6.81. The van der Waals surface area contributed by atoms with Crippen LogP contribution in [0.25, 0.3) is 10.4 Å². The van der Waals surface area contributed by atoms with Crippen molar-refractivity contribution in [3.05, 3.63) is 71.6 Å². The van der Waals surface area contributed by atoms with Crippen LogP contribution >= 0.6 is 18.9 Å². The van der Waals surface area contributed by atoms with E-state index in [0.29, 0.717) is 5.30 Å². The minimum absolute atomic E-state index is 0.0899. The summed E-state index contributed by atoms with van der Waals surface area (Å²) in [5.41, 5.74) is 1.18. The normalized spacial score (nSPS) is 13.2. The molecule has 2 aromatic carbocycles. The number of carbonyl (C=O) groups is 1. The van der Waals surface area contributed by atoms with E-state index in [-0.39, 0.29) is 10.6 Å². The number of benzene rings is 2. The molecule has 0 aliphatic rings. The average Bonchev–Trinajstić information content (AvgIpc) is 3.07. The molecule has 1 heterocycles. The fourth-order valence-electron chi connectivity index (χ4n) is 2.38. The highest BCUT2D eigenvalue weighted by Gasteiger charge is 2.28. The van der Waals surface area contributed by atoms with Crippen LogP contribution in [0.1, 0.15) is 9.67 Å². The number of hydrogen-bond donors (Lipinski definition) is 2. The molecule has 1 unspecified atom stereocenters. The second kappa shape index (κ2) is 7.23. The molecule has 128 valence electrons. The van der Waals surface area contributed by atoms with Gasteiger partial charge in [-0.3, -0.25) is 4.57 Å². The molecule has 1 aromatic heterocycles. The smallest absolute Gasteiger partial charge is 0.348 e. The molecular weight excluding hydrogens is 357 g/mol. The van der Waals surface area contributed by atoms with Gasteiger partial charge in [-0.05, 0) is 23.8 Å². The summed E-state index contributed by atoms with van der Waals surface area (Å²) in [7, 11) is -2.09. The third-order valence-electron chi connectivity index (χ3n) is 3.61. The maximum atomic E-state index is 13.2. The summed E-state index contributed by atoms with van der Waals surface area (Å²) in [6, 6.07) is 19.8. The van der Waals surface area contributed by atoms with Crippen molar-refractivity contribution in [3.8, 4) is 10.4 Å². The van der Waals surface area contributed by atoms with Crippen molar-refractivity contribution in [2.75, 3.05) is 12.2 Å². The van der Waals surface area contributed by atoms with E-state index in [1.807, 2.05) is 36.4 Å². The number of thiophene rings is 1. The maximum Gasteiger partial charge on any atom is 0.348 e. The Morgan fingerprint density at radius 1 is 1.08 bits per heavy atom. The van der Waals surface area contributed by atoms with Gasteiger partial charge in [-0.1, -0.05) is 48.5 Å². The van der Waals surface area contributed by atoms with Gasteiger partial charge in [-0.25, -0.2) is 4.79 Å². The van der Waals surface area contributed by atoms with Crippen LogP contribution in [0, 0.1) is 0 Å². The fraction of sp³-hybridized carbons (Fsp3) is 0.0556. The van der Waals surface area contributed by atoms with Gasteiger partial charge in [0.15, 0.2) is 0 Å². The Bertz CT molecular complexity index is 925. The highest BCUT2D eigenvalue weighted by molar-refractivity contribution is 7.68. The van der Waals surface area contributed by atoms with Gasteiger partial charge >= 0.3 is 13.5 Å². The molecule has 7 heteroatoms. The van der Waals surface area contributed by atoms with Crippen LogP contribution in [0.4, 0.5) is 5.69 Å². The molecule has 0 amide bonds. The number of carboxylic acid groups (broad SMARTS) is 1. The zero-order chi connectivity index (χ0) is 17.9. The Balaban J connectivity index is 2.03. The number of nitrogens with one attached hydrogen (secondary N) is 1. The van der Waals surface area contributed by atoms with Crippen molar-refractivity contribution >= 4 is 35.8 Å². The Labute approximate surface area is 149 Å². The molecule has 5 nitrogen and oxygen atoms in total. The zero-order valence-corrected chi connectivity index (χ0v) is 15.1. The molecule has 0 spiro atoms. The van der Waals surface area contributed by atoms with Crippen molar-refractivity contribution in [2.45, 2.75) is 0 Å². The first-order valence-electron chi connectivity index (χ1n) is 7.46. The first-order chi connectivity index (χ1) is 12.0. The number of carboxylic acids is 1. The molecule has 0 saturated heterocycles. The second-order valence-corrected chi connectivity index (χ2v) is 8.47. The van der Waals surface area contributed by atoms with Crippen LogP contribution in [0.3, 0.4) is 0 Å². The molecule has 25 heavy (non-hydrogen) atoms. The molecule has 0 aliphatic heterocycles. The molecule has 0 bridgehead atoms. The standard InChI is InChI=1S/C18H16NO4PS/c1-23-24(22,14-10-6-3-7-11-14)19-15-12-16(25-17(15)18(20)21)13-8-4-2-5-9-13/h2-12H,1H3,(H,19,22)(H,20,21). The maximum absolute atomic E-state index is 13.2. The molecule has 0 aliphatic carbocycles. The quantitative estimate of drug-likeness (QED) is 0.613. The monoisotopic (exact) mass is 373 g/mol. The number of rotatable bonds is 6. The lowest BCUT2D eigenvalue weighted by Crippen LogP contribution is -2.13. The van der Waals surface area contributed by atoms with Gasteiger partial charge in [0.2, 0.25) is 0 Å². The largest absolute Gasteiger partial charge is 0.477 e. The summed E-state index contributed by atoms with van der Waals surface area (Å²) < 4.78 is 18.4. The van der Waals surface area contributed by atoms with Crippen molar-refractivity contribution in [1.82, 2.24) is 0 Å². The van der Waals surface area contributed by atoms with Crippen LogP contribution in [0.5, 0.6) is 0 Å². The van der Waals surface area contributed by atoms with E-state index in [0.717, 1.165) is 21.8 Å². The lowest BCUT2D eigenvalue weighted by molar-refractivity contribution is 0.0703. The van der Waals surface area contributed by atoms with E-state index in [2.05, 4.69) is 5.09 Å². The minimum Gasteiger partial charge on any atom is -0.477 e. The SMILES string of the molecule is COP(=O)(Nc1cc(-c2ccccc2)sc1C(=O)O)c1ccccc1. The van der Waals surface area contributed by atoms with E-state index in [9.17, 15) is 14.5 Å². The first kappa shape index (κ1) is 17.4. The van der Waals surface area contributed by atoms with Crippen LogP contribution in [0.15, 0.2) is 66.7 Å². The molecule has 3 aromatic rings. The predicted molar refractivity (Wildman–Crippen MR) is 101 cm³/mol. The summed E-state index contributed by atoms with van der Waals surface area (Å²) in [5, 5.41) is 12.8. The van der Waals surface area contributed by atoms with Crippen LogP contribution < -0.4 is 10.4 Å². The first-order valence-corrected chi connectivity index (χ1v) is 9.90. The van der Waals surface area contributed by atoms with Gasteiger partial charge in [-0.15, -0.1) is 11.3 Å². The molecule has 3 rings (SSSR count). The zero-order valence-electron chi connectivity index (χ0n) is 13.4. The Morgan fingerprint density at radius 3 is 2.24 bits per heavy atom. The minimum atomic E-state index is -3.43. The van der Waals surface area contributed by atoms with Crippen LogP contribution in [0.2, 0.25) is 0 Å². The summed E-state index contributed by atoms with van der Waals surface area (Å²) in [6.07, 6.45) is 0. The van der Waals surface area contributed by atoms with E-state index < -0.39 is 13.5 Å². The van der Waals surface area contributed by atoms with Gasteiger partial charge in [0.25, 0.3) is 0 Å².